The fourth-order valence-corrected chi connectivity index (χ4v) is 10.0. The summed E-state index contributed by atoms with van der Waals surface area (Å²) in [5, 5.41) is 25.6. The fraction of sp³-hybridized carbons (Fsp3) is 0.667. The molecule has 1 aromatic carbocycles. The van der Waals surface area contributed by atoms with E-state index in [2.05, 4.69) is 32.3 Å². The van der Waals surface area contributed by atoms with Gasteiger partial charge in [0.1, 0.15) is 17.5 Å². The van der Waals surface area contributed by atoms with Crippen LogP contribution in [0.2, 0.25) is 5.02 Å². The number of piperidine rings is 1. The summed E-state index contributed by atoms with van der Waals surface area (Å²) in [7, 11) is 0. The molecule has 5 saturated carbocycles. The maximum Gasteiger partial charge on any atom is 0.224 e. The summed E-state index contributed by atoms with van der Waals surface area (Å²) in [6, 6.07) is 12.5. The first kappa shape index (κ1) is 31.7. The van der Waals surface area contributed by atoms with Gasteiger partial charge in [0.05, 0.1) is 6.20 Å². The molecule has 8 rings (SSSR count). The zero-order valence-corrected chi connectivity index (χ0v) is 27.9. The van der Waals surface area contributed by atoms with Crippen LogP contribution in [0.5, 0.6) is 0 Å². The van der Waals surface area contributed by atoms with Crippen molar-refractivity contribution in [1.29, 1.82) is 5.26 Å². The van der Waals surface area contributed by atoms with Gasteiger partial charge in [0, 0.05) is 62.3 Å². The molecular formula is C36H49ClN8O. The highest BCUT2D eigenvalue weighted by molar-refractivity contribution is 6.31. The smallest absolute Gasteiger partial charge is 0.224 e. The molecule has 1 amide bonds. The van der Waals surface area contributed by atoms with E-state index in [0.717, 1.165) is 55.8 Å². The number of halogens is 1. The van der Waals surface area contributed by atoms with E-state index in [1.807, 2.05) is 29.2 Å². The van der Waals surface area contributed by atoms with Crippen molar-refractivity contribution in [2.24, 2.45) is 23.2 Å². The van der Waals surface area contributed by atoms with Gasteiger partial charge in [-0.1, -0.05) is 29.8 Å². The molecule has 5 aliphatic carbocycles. The number of nitrogens with zero attached hydrogens (tertiary/aromatic N) is 4. The van der Waals surface area contributed by atoms with Gasteiger partial charge in [-0.2, -0.15) is 10.2 Å². The van der Waals surface area contributed by atoms with Crippen molar-refractivity contribution in [2.45, 2.75) is 108 Å². The molecule has 1 saturated heterocycles. The van der Waals surface area contributed by atoms with Crippen molar-refractivity contribution >= 4 is 29.3 Å². The van der Waals surface area contributed by atoms with Crippen LogP contribution in [0.3, 0.4) is 0 Å². The number of hydrogen-bond acceptors (Lipinski definition) is 8. The van der Waals surface area contributed by atoms with E-state index < -0.39 is 0 Å². The molecule has 246 valence electrons. The first-order chi connectivity index (χ1) is 22.4. The van der Waals surface area contributed by atoms with E-state index in [4.69, 9.17) is 16.6 Å². The van der Waals surface area contributed by atoms with Crippen molar-refractivity contribution < 1.29 is 4.79 Å². The molecule has 6 fully saturated rings. The van der Waals surface area contributed by atoms with Gasteiger partial charge in [0.25, 0.3) is 0 Å². The molecule has 1 unspecified atom stereocenters. The standard InChI is InChI=1S/C36H49ClN8O/c1-23(46)45-12-10-31(11-13-45)42-29-6-8-30(9-7-29)43-33-26-14-24-15-27(33)18-36(16-24,17-26)22-41-34-28(19-38)21-40-35(44-34)39-20-25-4-2-3-5-32(25)37/h2-5,21,24,26-27,29-31,33,42-43H,6-18,20,22H2,1H3,(H2,39,40,41,44)/t24?,26-,27+,29-,30+,33-,36-. The number of carbonyl (C=O) groups excluding carboxylic acids is 1. The third-order valence-electron chi connectivity index (χ3n) is 11.9. The first-order valence-electron chi connectivity index (χ1n) is 17.6. The molecule has 0 radical (unpaired) electrons. The van der Waals surface area contributed by atoms with Crippen molar-refractivity contribution in [2.75, 3.05) is 30.3 Å². The lowest BCUT2D eigenvalue weighted by Crippen LogP contribution is -2.61. The van der Waals surface area contributed by atoms with E-state index in [9.17, 15) is 10.1 Å². The second-order valence-corrected chi connectivity index (χ2v) is 15.4. The minimum absolute atomic E-state index is 0.212. The lowest BCUT2D eigenvalue weighted by atomic mass is 9.47. The van der Waals surface area contributed by atoms with Gasteiger partial charge in [-0.3, -0.25) is 4.79 Å². The second kappa shape index (κ2) is 13.7. The molecule has 6 aliphatic rings. The van der Waals surface area contributed by atoms with Gasteiger partial charge >= 0.3 is 0 Å². The number of nitriles is 1. The van der Waals surface area contributed by atoms with Crippen LogP contribution in [0.4, 0.5) is 11.8 Å². The van der Waals surface area contributed by atoms with Gasteiger partial charge in [-0.05, 0) is 105 Å². The molecule has 1 aliphatic heterocycles. The van der Waals surface area contributed by atoms with Crippen LogP contribution in [-0.2, 0) is 11.3 Å². The third kappa shape index (κ3) is 7.00. The second-order valence-electron chi connectivity index (χ2n) is 15.0. The number of hydrogen-bond donors (Lipinski definition) is 4. The Balaban J connectivity index is 0.909. The molecule has 1 aromatic heterocycles. The summed E-state index contributed by atoms with van der Waals surface area (Å²) in [4.78, 5) is 22.8. The molecular weight excluding hydrogens is 596 g/mol. The zero-order valence-electron chi connectivity index (χ0n) is 27.1. The van der Waals surface area contributed by atoms with Crippen LogP contribution >= 0.6 is 11.6 Å². The van der Waals surface area contributed by atoms with Crippen molar-refractivity contribution in [3.8, 4) is 6.07 Å². The Morgan fingerprint density at radius 2 is 1.65 bits per heavy atom. The van der Waals surface area contributed by atoms with Crippen molar-refractivity contribution in [3.63, 3.8) is 0 Å². The van der Waals surface area contributed by atoms with E-state index in [1.54, 1.807) is 13.1 Å². The molecule has 10 heteroatoms. The average Bonchev–Trinajstić information content (AvgIpc) is 3.06. The molecule has 5 atom stereocenters. The van der Waals surface area contributed by atoms with Crippen LogP contribution in [0.1, 0.15) is 88.7 Å². The summed E-state index contributed by atoms with van der Waals surface area (Å²) < 4.78 is 0. The number of likely N-dealkylation sites (tertiary alicyclic amines) is 1. The summed E-state index contributed by atoms with van der Waals surface area (Å²) in [5.41, 5.74) is 1.74. The molecule has 9 nitrogen and oxygen atoms in total. The van der Waals surface area contributed by atoms with Crippen LogP contribution in [-0.4, -0.2) is 64.6 Å². The molecule has 2 aromatic rings. The minimum atomic E-state index is 0.212. The maximum absolute atomic E-state index is 11.7. The SMILES string of the molecule is CC(=O)N1CCC(N[C@H]2CC[C@@H](N[C@@H]3[C@@H]4CC5C[C@H]3C[C@@](CNc3nc(NCc6ccccc6Cl)ncc3C#N)(C5)C4)CC2)CC1. The Bertz CT molecular complexity index is 1410. The van der Waals surface area contributed by atoms with Crippen LogP contribution in [0.15, 0.2) is 30.5 Å². The lowest BCUT2D eigenvalue weighted by molar-refractivity contribution is -0.129. The molecule has 46 heavy (non-hydrogen) atoms. The molecule has 2 heterocycles. The number of carbonyl (C=O) groups is 1. The molecule has 0 spiro atoms. The summed E-state index contributed by atoms with van der Waals surface area (Å²) in [6.45, 7) is 4.86. The van der Waals surface area contributed by atoms with Gasteiger partial charge in [-0.15, -0.1) is 0 Å². The number of benzene rings is 1. The third-order valence-corrected chi connectivity index (χ3v) is 12.3. The summed E-state index contributed by atoms with van der Waals surface area (Å²) in [6.07, 6.45) is 15.3. The summed E-state index contributed by atoms with van der Waals surface area (Å²) >= 11 is 6.33. The monoisotopic (exact) mass is 644 g/mol. The van der Waals surface area contributed by atoms with E-state index in [-0.39, 0.29) is 11.3 Å². The number of anilines is 2. The Kier molecular flexibility index (Phi) is 9.40. The van der Waals surface area contributed by atoms with Gasteiger partial charge in [0.15, 0.2) is 0 Å². The highest BCUT2D eigenvalue weighted by Gasteiger charge is 2.55. The Hall–Kier alpha value is -2.93. The number of aromatic nitrogens is 2. The van der Waals surface area contributed by atoms with Crippen molar-refractivity contribution in [1.82, 2.24) is 25.5 Å². The van der Waals surface area contributed by atoms with E-state index >= 15 is 0 Å². The number of nitrogens with one attached hydrogen (secondary N) is 4. The van der Waals surface area contributed by atoms with Gasteiger partial charge < -0.3 is 26.2 Å². The average molecular weight is 645 g/mol. The topological polar surface area (TPSA) is 118 Å². The Morgan fingerprint density at radius 1 is 0.978 bits per heavy atom. The zero-order chi connectivity index (χ0) is 31.7. The molecule has 4 N–H and O–H groups in total. The largest absolute Gasteiger partial charge is 0.368 e. The van der Waals surface area contributed by atoms with Crippen molar-refractivity contribution in [3.05, 3.63) is 46.6 Å². The maximum atomic E-state index is 11.7. The highest BCUT2D eigenvalue weighted by Crippen LogP contribution is 2.60. The predicted octanol–water partition coefficient (Wildman–Crippen LogP) is 5.72. The fourth-order valence-electron chi connectivity index (χ4n) is 9.85. The minimum Gasteiger partial charge on any atom is -0.368 e. The Morgan fingerprint density at radius 3 is 2.33 bits per heavy atom. The van der Waals surface area contributed by atoms with Gasteiger partial charge in [0.2, 0.25) is 11.9 Å². The summed E-state index contributed by atoms with van der Waals surface area (Å²) in [5.74, 6) is 3.64. The van der Waals surface area contributed by atoms with E-state index in [0.29, 0.717) is 53.1 Å². The van der Waals surface area contributed by atoms with E-state index in [1.165, 1.54) is 57.8 Å². The quantitative estimate of drug-likeness (QED) is 0.259. The lowest BCUT2D eigenvalue weighted by Gasteiger charge is -2.61. The van der Waals surface area contributed by atoms with Gasteiger partial charge in [-0.25, -0.2) is 4.98 Å². The number of amides is 1. The predicted molar refractivity (Wildman–Crippen MR) is 181 cm³/mol. The Labute approximate surface area is 278 Å². The van der Waals surface area contributed by atoms with Crippen LogP contribution < -0.4 is 21.3 Å². The number of rotatable bonds is 10. The molecule has 4 bridgehead atoms. The van der Waals surface area contributed by atoms with Crippen LogP contribution in [0.25, 0.3) is 0 Å². The first-order valence-corrected chi connectivity index (χ1v) is 18.0. The van der Waals surface area contributed by atoms with Crippen LogP contribution in [0, 0.1) is 34.5 Å². The normalized spacial score (nSPS) is 32.2. The highest BCUT2D eigenvalue weighted by atomic mass is 35.5.